The van der Waals surface area contributed by atoms with Crippen LogP contribution in [0.4, 0.5) is 14.9 Å². The number of carbonyl (C=O) groups excluding carboxylic acids is 1. The molecule has 116 valence electrons. The maximum absolute atomic E-state index is 12.9. The van der Waals surface area contributed by atoms with E-state index in [2.05, 4.69) is 10.6 Å². The minimum Gasteiger partial charge on any atom is -0.495 e. The lowest BCUT2D eigenvalue weighted by molar-refractivity contribution is 0.249. The summed E-state index contributed by atoms with van der Waals surface area (Å²) in [6, 6.07) is 10.3. The average Bonchev–Trinajstić information content (AvgIpc) is 2.48. The highest BCUT2D eigenvalue weighted by atomic mass is 35.5. The molecule has 0 saturated carbocycles. The van der Waals surface area contributed by atoms with Crippen LogP contribution in [-0.4, -0.2) is 13.1 Å². The molecule has 2 aromatic carbocycles. The Labute approximate surface area is 133 Å². The molecule has 0 bridgehead atoms. The number of nitrogens with one attached hydrogen (secondary N) is 2. The monoisotopic (exact) mass is 322 g/mol. The van der Waals surface area contributed by atoms with E-state index in [9.17, 15) is 9.18 Å². The second-order valence-corrected chi connectivity index (χ2v) is 5.13. The summed E-state index contributed by atoms with van der Waals surface area (Å²) < 4.78 is 17.9. The molecule has 2 N–H and O–H groups in total. The van der Waals surface area contributed by atoms with E-state index in [0.717, 1.165) is 5.56 Å². The number of rotatable bonds is 4. The topological polar surface area (TPSA) is 50.4 Å². The molecule has 6 heteroatoms. The average molecular weight is 323 g/mol. The lowest BCUT2D eigenvalue weighted by Crippen LogP contribution is -2.31. The molecule has 1 atom stereocenters. The first-order valence-corrected chi connectivity index (χ1v) is 7.04. The van der Waals surface area contributed by atoms with Gasteiger partial charge in [-0.05, 0) is 42.8 Å². The number of halogens is 2. The van der Waals surface area contributed by atoms with Gasteiger partial charge in [0.05, 0.1) is 18.2 Å². The number of amides is 2. The molecule has 0 aliphatic rings. The molecule has 2 aromatic rings. The number of benzene rings is 2. The van der Waals surface area contributed by atoms with Gasteiger partial charge >= 0.3 is 6.03 Å². The fraction of sp³-hybridized carbons (Fsp3) is 0.188. The number of carbonyl (C=O) groups is 1. The Balaban J connectivity index is 1.97. The summed E-state index contributed by atoms with van der Waals surface area (Å²) >= 11 is 6.00. The van der Waals surface area contributed by atoms with Crippen molar-refractivity contribution >= 4 is 23.3 Å². The van der Waals surface area contributed by atoms with Gasteiger partial charge in [-0.15, -0.1) is 0 Å². The molecule has 0 aliphatic carbocycles. The second-order valence-electron chi connectivity index (χ2n) is 4.72. The summed E-state index contributed by atoms with van der Waals surface area (Å²) in [6.07, 6.45) is 0. The highest BCUT2D eigenvalue weighted by Gasteiger charge is 2.10. The van der Waals surface area contributed by atoms with Gasteiger partial charge < -0.3 is 15.4 Å². The van der Waals surface area contributed by atoms with Crippen LogP contribution in [0.15, 0.2) is 42.5 Å². The Morgan fingerprint density at radius 2 is 1.91 bits per heavy atom. The molecule has 0 heterocycles. The van der Waals surface area contributed by atoms with Gasteiger partial charge in [-0.2, -0.15) is 0 Å². The first-order valence-electron chi connectivity index (χ1n) is 6.66. The van der Waals surface area contributed by atoms with E-state index in [0.29, 0.717) is 16.5 Å². The van der Waals surface area contributed by atoms with Crippen LogP contribution in [0, 0.1) is 5.82 Å². The van der Waals surface area contributed by atoms with Gasteiger partial charge in [0.25, 0.3) is 0 Å². The summed E-state index contributed by atoms with van der Waals surface area (Å²) in [5.74, 6) is 0.223. The van der Waals surface area contributed by atoms with Crippen molar-refractivity contribution in [3.63, 3.8) is 0 Å². The molecule has 4 nitrogen and oxygen atoms in total. The normalized spacial score (nSPS) is 11.6. The van der Waals surface area contributed by atoms with E-state index in [4.69, 9.17) is 16.3 Å². The summed E-state index contributed by atoms with van der Waals surface area (Å²) in [6.45, 7) is 1.81. The fourth-order valence-electron chi connectivity index (χ4n) is 1.94. The molecular weight excluding hydrogens is 307 g/mol. The molecule has 0 aliphatic heterocycles. The van der Waals surface area contributed by atoms with Crippen LogP contribution in [0.25, 0.3) is 0 Å². The molecule has 2 rings (SSSR count). The third kappa shape index (κ3) is 4.11. The Morgan fingerprint density at radius 3 is 2.50 bits per heavy atom. The zero-order valence-electron chi connectivity index (χ0n) is 12.2. The van der Waals surface area contributed by atoms with E-state index < -0.39 is 0 Å². The minimum atomic E-state index is -0.377. The van der Waals surface area contributed by atoms with Crippen LogP contribution in [-0.2, 0) is 0 Å². The summed E-state index contributed by atoms with van der Waals surface area (Å²) in [5.41, 5.74) is 1.36. The van der Waals surface area contributed by atoms with Gasteiger partial charge in [-0.25, -0.2) is 9.18 Å². The minimum absolute atomic E-state index is 0.255. The van der Waals surface area contributed by atoms with Crippen LogP contribution in [0.3, 0.4) is 0 Å². The van der Waals surface area contributed by atoms with E-state index in [1.54, 1.807) is 30.3 Å². The standard InChI is InChI=1S/C16H16ClFN2O2/c1-10(11-3-5-12(18)6-4-11)19-16(21)20-13-7-8-15(22-2)14(17)9-13/h3-10H,1-2H3,(H2,19,20,21)/t10-/m0/s1. The van der Waals surface area contributed by atoms with E-state index >= 15 is 0 Å². The highest BCUT2D eigenvalue weighted by Crippen LogP contribution is 2.27. The van der Waals surface area contributed by atoms with Crippen molar-refractivity contribution in [2.75, 3.05) is 12.4 Å². The van der Waals surface area contributed by atoms with Gasteiger partial charge in [0, 0.05) is 5.69 Å². The van der Waals surface area contributed by atoms with Crippen LogP contribution >= 0.6 is 11.6 Å². The fourth-order valence-corrected chi connectivity index (χ4v) is 2.20. The summed E-state index contributed by atoms with van der Waals surface area (Å²) in [4.78, 5) is 12.0. The lowest BCUT2D eigenvalue weighted by atomic mass is 10.1. The third-order valence-electron chi connectivity index (χ3n) is 3.13. The number of anilines is 1. The number of methoxy groups -OCH3 is 1. The van der Waals surface area contributed by atoms with Gasteiger partial charge in [-0.3, -0.25) is 0 Å². The number of ether oxygens (including phenoxy) is 1. The van der Waals surface area contributed by atoms with Crippen molar-refractivity contribution in [2.24, 2.45) is 0 Å². The molecule has 0 aromatic heterocycles. The van der Waals surface area contributed by atoms with Gasteiger partial charge in [0.2, 0.25) is 0 Å². The molecule has 0 saturated heterocycles. The molecule has 22 heavy (non-hydrogen) atoms. The van der Waals surface area contributed by atoms with E-state index in [1.807, 2.05) is 6.92 Å². The van der Waals surface area contributed by atoms with Crippen molar-refractivity contribution in [1.82, 2.24) is 5.32 Å². The number of hydrogen-bond acceptors (Lipinski definition) is 2. The molecule has 2 amide bonds. The van der Waals surface area contributed by atoms with Gasteiger partial charge in [-0.1, -0.05) is 23.7 Å². The largest absolute Gasteiger partial charge is 0.495 e. The van der Waals surface area contributed by atoms with Crippen LogP contribution in [0.1, 0.15) is 18.5 Å². The van der Waals surface area contributed by atoms with Crippen LogP contribution in [0.2, 0.25) is 5.02 Å². The SMILES string of the molecule is COc1ccc(NC(=O)N[C@@H](C)c2ccc(F)cc2)cc1Cl. The predicted molar refractivity (Wildman–Crippen MR) is 85.0 cm³/mol. The van der Waals surface area contributed by atoms with E-state index in [-0.39, 0.29) is 17.9 Å². The second kappa shape index (κ2) is 7.13. The maximum Gasteiger partial charge on any atom is 0.319 e. The smallest absolute Gasteiger partial charge is 0.319 e. The Bertz CT molecular complexity index is 662. The lowest BCUT2D eigenvalue weighted by Gasteiger charge is -2.15. The molecule has 0 fully saturated rings. The Hall–Kier alpha value is -2.27. The molecule has 0 radical (unpaired) electrons. The zero-order valence-corrected chi connectivity index (χ0v) is 12.9. The predicted octanol–water partition coefficient (Wildman–Crippen LogP) is 4.37. The highest BCUT2D eigenvalue weighted by molar-refractivity contribution is 6.32. The molecular formula is C16H16ClFN2O2. The van der Waals surface area contributed by atoms with Gasteiger partial charge in [0.1, 0.15) is 11.6 Å². The maximum atomic E-state index is 12.9. The Kier molecular flexibility index (Phi) is 5.22. The van der Waals surface area contributed by atoms with Crippen molar-refractivity contribution in [3.8, 4) is 5.75 Å². The van der Waals surface area contributed by atoms with Crippen LogP contribution < -0.4 is 15.4 Å². The van der Waals surface area contributed by atoms with Gasteiger partial charge in [0.15, 0.2) is 0 Å². The van der Waals surface area contributed by atoms with E-state index in [1.165, 1.54) is 19.2 Å². The van der Waals surface area contributed by atoms with Crippen molar-refractivity contribution < 1.29 is 13.9 Å². The van der Waals surface area contributed by atoms with Crippen molar-refractivity contribution in [3.05, 3.63) is 58.9 Å². The third-order valence-corrected chi connectivity index (χ3v) is 3.42. The molecule has 0 spiro atoms. The number of hydrogen-bond donors (Lipinski definition) is 2. The zero-order chi connectivity index (χ0) is 16.1. The Morgan fingerprint density at radius 1 is 1.23 bits per heavy atom. The first kappa shape index (κ1) is 16.1. The van der Waals surface area contributed by atoms with Crippen LogP contribution in [0.5, 0.6) is 5.75 Å². The quantitative estimate of drug-likeness (QED) is 0.878. The summed E-state index contributed by atoms with van der Waals surface area (Å²) in [5, 5.41) is 5.86. The first-order chi connectivity index (χ1) is 10.5. The number of urea groups is 1. The molecule has 0 unspecified atom stereocenters. The van der Waals surface area contributed by atoms with Crippen molar-refractivity contribution in [2.45, 2.75) is 13.0 Å². The van der Waals surface area contributed by atoms with Crippen molar-refractivity contribution in [1.29, 1.82) is 0 Å². The summed E-state index contributed by atoms with van der Waals surface area (Å²) in [7, 11) is 1.52.